The van der Waals surface area contributed by atoms with Gasteiger partial charge in [0.05, 0.1) is 18.4 Å². The Morgan fingerprint density at radius 2 is 1.83 bits per heavy atom. The number of amides is 1. The standard InChI is InChI=1S/C26H27F3N4O2/c1-35-23-8-3-2-7-22(23)31-11-13-32(14-12-31)25(34)21-17-33-16-19(9-10-24(33)30-21)18-5-4-6-20(15-18)26(27,28)29/h2-8,15,17,19H,9-14,16H2,1H3/t19-/m1/s1. The van der Waals surface area contributed by atoms with Gasteiger partial charge in [-0.15, -0.1) is 0 Å². The van der Waals surface area contributed by atoms with Crippen LogP contribution in [-0.2, 0) is 19.1 Å². The fraction of sp³-hybridized carbons (Fsp3) is 0.385. The number of piperazine rings is 1. The molecule has 2 aliphatic heterocycles. The minimum absolute atomic E-state index is 0.0497. The molecule has 184 valence electrons. The number of carbonyl (C=O) groups is 1. The molecule has 3 aromatic rings. The third-order valence-electron chi connectivity index (χ3n) is 6.89. The van der Waals surface area contributed by atoms with Crippen molar-refractivity contribution in [1.82, 2.24) is 14.5 Å². The highest BCUT2D eigenvalue weighted by Crippen LogP contribution is 2.34. The molecule has 3 heterocycles. The molecule has 0 spiro atoms. The number of hydrogen-bond donors (Lipinski definition) is 0. The second-order valence-corrected chi connectivity index (χ2v) is 9.00. The Balaban J connectivity index is 1.25. The molecule has 0 unspecified atom stereocenters. The van der Waals surface area contributed by atoms with Crippen LogP contribution in [0.3, 0.4) is 0 Å². The fourth-order valence-corrected chi connectivity index (χ4v) is 4.99. The minimum atomic E-state index is -4.36. The number of para-hydroxylation sites is 2. The number of carbonyl (C=O) groups excluding carboxylic acids is 1. The van der Waals surface area contributed by atoms with Gasteiger partial charge in [-0.2, -0.15) is 13.2 Å². The number of alkyl halides is 3. The SMILES string of the molecule is COc1ccccc1N1CCN(C(=O)c2cn3c(n2)CC[C@@H](c2cccc(C(F)(F)F)c2)C3)CC1. The Morgan fingerprint density at radius 3 is 2.57 bits per heavy atom. The van der Waals surface area contributed by atoms with Gasteiger partial charge < -0.3 is 19.1 Å². The lowest BCUT2D eigenvalue weighted by molar-refractivity contribution is -0.137. The molecule has 5 rings (SSSR count). The van der Waals surface area contributed by atoms with Crippen molar-refractivity contribution in [3.63, 3.8) is 0 Å². The maximum atomic E-state index is 13.2. The lowest BCUT2D eigenvalue weighted by Gasteiger charge is -2.36. The molecule has 1 aromatic heterocycles. The van der Waals surface area contributed by atoms with Crippen molar-refractivity contribution < 1.29 is 22.7 Å². The number of imidazole rings is 1. The molecule has 0 saturated carbocycles. The van der Waals surface area contributed by atoms with Gasteiger partial charge in [-0.1, -0.05) is 30.3 Å². The van der Waals surface area contributed by atoms with E-state index in [-0.39, 0.29) is 11.8 Å². The number of ether oxygens (including phenoxy) is 1. The highest BCUT2D eigenvalue weighted by molar-refractivity contribution is 5.92. The zero-order chi connectivity index (χ0) is 24.6. The minimum Gasteiger partial charge on any atom is -0.495 e. The summed E-state index contributed by atoms with van der Waals surface area (Å²) >= 11 is 0. The number of halogens is 3. The van der Waals surface area contributed by atoms with Crippen LogP contribution in [0.2, 0.25) is 0 Å². The molecular weight excluding hydrogens is 457 g/mol. The van der Waals surface area contributed by atoms with Crippen LogP contribution in [0, 0.1) is 0 Å². The zero-order valence-corrected chi connectivity index (χ0v) is 19.5. The second-order valence-electron chi connectivity index (χ2n) is 9.00. The van der Waals surface area contributed by atoms with Gasteiger partial charge in [0.1, 0.15) is 17.3 Å². The van der Waals surface area contributed by atoms with Gasteiger partial charge in [-0.25, -0.2) is 4.98 Å². The van der Waals surface area contributed by atoms with Gasteiger partial charge in [0.25, 0.3) is 5.91 Å². The predicted molar refractivity (Wildman–Crippen MR) is 126 cm³/mol. The van der Waals surface area contributed by atoms with E-state index in [9.17, 15) is 18.0 Å². The number of nitrogens with zero attached hydrogens (tertiary/aromatic N) is 4. The number of aromatic nitrogens is 2. The van der Waals surface area contributed by atoms with Crippen molar-refractivity contribution in [1.29, 1.82) is 0 Å². The maximum absolute atomic E-state index is 13.2. The van der Waals surface area contributed by atoms with Gasteiger partial charge in [0.2, 0.25) is 0 Å². The van der Waals surface area contributed by atoms with Crippen molar-refractivity contribution in [2.45, 2.75) is 31.5 Å². The first-order valence-electron chi connectivity index (χ1n) is 11.7. The third kappa shape index (κ3) is 4.72. The monoisotopic (exact) mass is 484 g/mol. The van der Waals surface area contributed by atoms with Crippen molar-refractivity contribution in [2.24, 2.45) is 0 Å². The van der Waals surface area contributed by atoms with Gasteiger partial charge in [-0.3, -0.25) is 4.79 Å². The molecule has 6 nitrogen and oxygen atoms in total. The number of fused-ring (bicyclic) bond motifs is 1. The Labute approximate surface area is 201 Å². The van der Waals surface area contributed by atoms with Gasteiger partial charge in [0, 0.05) is 51.3 Å². The number of methoxy groups -OCH3 is 1. The van der Waals surface area contributed by atoms with Crippen LogP contribution in [0.5, 0.6) is 5.75 Å². The summed E-state index contributed by atoms with van der Waals surface area (Å²) in [5.74, 6) is 1.46. The number of hydrogen-bond acceptors (Lipinski definition) is 4. The molecule has 0 bridgehead atoms. The van der Waals surface area contributed by atoms with Crippen molar-refractivity contribution >= 4 is 11.6 Å². The smallest absolute Gasteiger partial charge is 0.416 e. The van der Waals surface area contributed by atoms with Crippen LogP contribution in [0.1, 0.15) is 39.8 Å². The summed E-state index contributed by atoms with van der Waals surface area (Å²) in [7, 11) is 1.65. The second kappa shape index (κ2) is 9.28. The van der Waals surface area contributed by atoms with Gasteiger partial charge >= 0.3 is 6.18 Å². The van der Waals surface area contributed by atoms with Gasteiger partial charge in [0.15, 0.2) is 0 Å². The average Bonchev–Trinajstić information content (AvgIpc) is 3.31. The molecule has 9 heteroatoms. The van der Waals surface area contributed by atoms with E-state index < -0.39 is 11.7 Å². The summed E-state index contributed by atoms with van der Waals surface area (Å²) in [4.78, 5) is 21.8. The fourth-order valence-electron chi connectivity index (χ4n) is 4.99. The summed E-state index contributed by atoms with van der Waals surface area (Å²) in [5, 5.41) is 0. The molecule has 2 aliphatic rings. The van der Waals surface area contributed by atoms with Crippen LogP contribution in [0.15, 0.2) is 54.7 Å². The molecule has 0 N–H and O–H groups in total. The first-order valence-corrected chi connectivity index (χ1v) is 11.7. The van der Waals surface area contributed by atoms with Crippen molar-refractivity contribution in [3.05, 3.63) is 77.4 Å². The largest absolute Gasteiger partial charge is 0.495 e. The Kier molecular flexibility index (Phi) is 6.17. The van der Waals surface area contributed by atoms with E-state index in [1.807, 2.05) is 33.7 Å². The molecule has 35 heavy (non-hydrogen) atoms. The molecule has 1 saturated heterocycles. The Bertz CT molecular complexity index is 1220. The van der Waals surface area contributed by atoms with Crippen molar-refractivity contribution in [2.75, 3.05) is 38.2 Å². The summed E-state index contributed by atoms with van der Waals surface area (Å²) in [6.07, 6.45) is -1.29. The quantitative estimate of drug-likeness (QED) is 0.543. The normalized spacial score (nSPS) is 18.3. The highest BCUT2D eigenvalue weighted by atomic mass is 19.4. The summed E-state index contributed by atoms with van der Waals surface area (Å²) < 4.78 is 46.8. The molecule has 1 amide bonds. The first-order chi connectivity index (χ1) is 16.8. The lowest BCUT2D eigenvalue weighted by Crippen LogP contribution is -2.49. The van der Waals surface area contributed by atoms with E-state index in [1.165, 1.54) is 12.1 Å². The van der Waals surface area contributed by atoms with Crippen LogP contribution in [0.25, 0.3) is 0 Å². The number of benzene rings is 2. The number of anilines is 1. The average molecular weight is 485 g/mol. The predicted octanol–water partition coefficient (Wildman–Crippen LogP) is 4.60. The maximum Gasteiger partial charge on any atom is 0.416 e. The van der Waals surface area contributed by atoms with E-state index in [0.717, 1.165) is 23.3 Å². The third-order valence-corrected chi connectivity index (χ3v) is 6.89. The van der Waals surface area contributed by atoms with E-state index >= 15 is 0 Å². The summed E-state index contributed by atoms with van der Waals surface area (Å²) in [5.41, 5.74) is 1.45. The number of aryl methyl sites for hydroxylation is 1. The molecule has 1 atom stereocenters. The molecule has 0 aliphatic carbocycles. The van der Waals surface area contributed by atoms with E-state index in [4.69, 9.17) is 4.74 Å². The van der Waals surface area contributed by atoms with Crippen LogP contribution in [0.4, 0.5) is 18.9 Å². The Hall–Kier alpha value is -3.49. The molecule has 1 fully saturated rings. The molecular formula is C26H27F3N4O2. The van der Waals surface area contributed by atoms with Crippen LogP contribution >= 0.6 is 0 Å². The van der Waals surface area contributed by atoms with Crippen LogP contribution < -0.4 is 9.64 Å². The summed E-state index contributed by atoms with van der Waals surface area (Å²) in [6, 6.07) is 13.4. The van der Waals surface area contributed by atoms with Crippen molar-refractivity contribution in [3.8, 4) is 5.75 Å². The first kappa shape index (κ1) is 23.3. The number of rotatable bonds is 4. The molecule has 2 aromatic carbocycles. The molecule has 0 radical (unpaired) electrons. The lowest BCUT2D eigenvalue weighted by atomic mass is 9.90. The van der Waals surface area contributed by atoms with E-state index in [2.05, 4.69) is 9.88 Å². The summed E-state index contributed by atoms with van der Waals surface area (Å²) in [6.45, 7) is 3.05. The zero-order valence-electron chi connectivity index (χ0n) is 19.5. The Morgan fingerprint density at radius 1 is 1.06 bits per heavy atom. The topological polar surface area (TPSA) is 50.6 Å². The highest BCUT2D eigenvalue weighted by Gasteiger charge is 2.32. The van der Waals surface area contributed by atoms with Gasteiger partial charge in [-0.05, 0) is 30.2 Å². The van der Waals surface area contributed by atoms with E-state index in [0.29, 0.717) is 56.8 Å². The van der Waals surface area contributed by atoms with Crippen LogP contribution in [-0.4, -0.2) is 53.6 Å². The van der Waals surface area contributed by atoms with E-state index in [1.54, 1.807) is 19.4 Å².